The second-order valence-corrected chi connectivity index (χ2v) is 8.21. The molecule has 0 saturated carbocycles. The first-order valence-corrected chi connectivity index (χ1v) is 11.8. The van der Waals surface area contributed by atoms with Gasteiger partial charge in [-0.1, -0.05) is 84.0 Å². The number of carbonyl (C=O) groups is 1. The summed E-state index contributed by atoms with van der Waals surface area (Å²) < 4.78 is 5.70. The van der Waals surface area contributed by atoms with Gasteiger partial charge in [-0.2, -0.15) is 0 Å². The lowest BCUT2D eigenvalue weighted by Gasteiger charge is -2.10. The van der Waals surface area contributed by atoms with Gasteiger partial charge < -0.3 is 15.6 Å². The maximum atomic E-state index is 11.0. The highest BCUT2D eigenvalue weighted by Gasteiger charge is 2.03. The van der Waals surface area contributed by atoms with Crippen LogP contribution in [0.3, 0.4) is 0 Å². The highest BCUT2D eigenvalue weighted by molar-refractivity contribution is 5.92. The molecule has 0 bridgehead atoms. The zero-order chi connectivity index (χ0) is 21.2. The summed E-state index contributed by atoms with van der Waals surface area (Å²) in [6, 6.07) is 7.00. The van der Waals surface area contributed by atoms with Gasteiger partial charge in [0.25, 0.3) is 0 Å². The number of hydrogen-bond acceptors (Lipinski definition) is 3. The summed E-state index contributed by atoms with van der Waals surface area (Å²) in [6.07, 6.45) is 18.1. The molecule has 4 nitrogen and oxygen atoms in total. The molecular formula is C25H43NO3. The fourth-order valence-corrected chi connectivity index (χ4v) is 3.58. The second kappa shape index (κ2) is 17.3. The van der Waals surface area contributed by atoms with Gasteiger partial charge in [-0.15, -0.1) is 0 Å². The van der Waals surface area contributed by atoms with Crippen LogP contribution in [-0.2, 0) is 0 Å². The molecule has 0 aliphatic rings. The Balaban J connectivity index is 1.83. The molecule has 1 rings (SSSR count). The molecule has 0 spiro atoms. The van der Waals surface area contributed by atoms with E-state index in [0.717, 1.165) is 31.6 Å². The molecular weight excluding hydrogens is 362 g/mol. The van der Waals surface area contributed by atoms with Crippen LogP contribution in [0.25, 0.3) is 0 Å². The van der Waals surface area contributed by atoms with E-state index in [9.17, 15) is 9.90 Å². The lowest BCUT2D eigenvalue weighted by atomic mass is 10.0. The first-order valence-electron chi connectivity index (χ1n) is 11.8. The van der Waals surface area contributed by atoms with Gasteiger partial charge in [0.1, 0.15) is 5.75 Å². The summed E-state index contributed by atoms with van der Waals surface area (Å²) in [5.74, 6) is 0.382. The predicted molar refractivity (Wildman–Crippen MR) is 121 cm³/mol. The van der Waals surface area contributed by atoms with E-state index in [2.05, 4.69) is 6.92 Å². The summed E-state index contributed by atoms with van der Waals surface area (Å²) in [4.78, 5) is 11.0. The molecule has 0 aromatic heterocycles. The number of aliphatic hydroxyl groups excluding tert-OH is 1. The molecule has 29 heavy (non-hydrogen) atoms. The lowest BCUT2D eigenvalue weighted by Crippen LogP contribution is -2.10. The Labute approximate surface area is 178 Å². The minimum Gasteiger partial charge on any atom is -0.494 e. The fourth-order valence-electron chi connectivity index (χ4n) is 3.58. The third kappa shape index (κ3) is 14.1. The Morgan fingerprint density at radius 3 is 1.83 bits per heavy atom. The van der Waals surface area contributed by atoms with Gasteiger partial charge in [0.15, 0.2) is 0 Å². The molecule has 166 valence electrons. The Morgan fingerprint density at radius 2 is 1.31 bits per heavy atom. The first-order chi connectivity index (χ1) is 14.1. The third-order valence-corrected chi connectivity index (χ3v) is 5.48. The van der Waals surface area contributed by atoms with Crippen molar-refractivity contribution in [3.05, 3.63) is 29.8 Å². The van der Waals surface area contributed by atoms with Crippen LogP contribution in [-0.4, -0.2) is 23.7 Å². The van der Waals surface area contributed by atoms with E-state index < -0.39 is 5.91 Å². The van der Waals surface area contributed by atoms with E-state index in [0.29, 0.717) is 5.56 Å². The average Bonchev–Trinajstić information content (AvgIpc) is 2.72. The average molecular weight is 406 g/mol. The van der Waals surface area contributed by atoms with Crippen LogP contribution in [0.4, 0.5) is 0 Å². The van der Waals surface area contributed by atoms with E-state index in [1.807, 2.05) is 0 Å². The van der Waals surface area contributed by atoms with E-state index in [4.69, 9.17) is 10.5 Å². The van der Waals surface area contributed by atoms with Gasteiger partial charge in [-0.3, -0.25) is 4.79 Å². The van der Waals surface area contributed by atoms with Crippen molar-refractivity contribution in [3.63, 3.8) is 0 Å². The summed E-state index contributed by atoms with van der Waals surface area (Å²) in [6.45, 7) is 2.94. The number of nitrogens with two attached hydrogens (primary N) is 1. The number of carbonyl (C=O) groups excluding carboxylic acids is 1. The van der Waals surface area contributed by atoms with Crippen molar-refractivity contribution in [2.24, 2.45) is 5.73 Å². The normalized spacial score (nSPS) is 12.1. The van der Waals surface area contributed by atoms with Gasteiger partial charge in [0.05, 0.1) is 12.7 Å². The Kier molecular flexibility index (Phi) is 15.2. The minimum atomic E-state index is -0.410. The SMILES string of the molecule is CCCCCCC(O)CCCCCCCCCCCOc1ccc(C(N)=O)cc1. The zero-order valence-electron chi connectivity index (χ0n) is 18.5. The maximum absolute atomic E-state index is 11.0. The number of benzene rings is 1. The highest BCUT2D eigenvalue weighted by atomic mass is 16.5. The quantitative estimate of drug-likeness (QED) is 0.262. The van der Waals surface area contributed by atoms with Crippen molar-refractivity contribution >= 4 is 5.91 Å². The number of aliphatic hydroxyl groups is 1. The summed E-state index contributed by atoms with van der Waals surface area (Å²) in [7, 11) is 0. The Morgan fingerprint density at radius 1 is 0.828 bits per heavy atom. The first kappa shape index (κ1) is 25.5. The summed E-state index contributed by atoms with van der Waals surface area (Å²) in [5.41, 5.74) is 5.73. The van der Waals surface area contributed by atoms with Crippen LogP contribution < -0.4 is 10.5 Å². The second-order valence-electron chi connectivity index (χ2n) is 8.21. The Hall–Kier alpha value is -1.55. The van der Waals surface area contributed by atoms with Crippen LogP contribution in [0.1, 0.15) is 114 Å². The number of ether oxygens (including phenoxy) is 1. The Bertz CT molecular complexity index is 515. The number of hydrogen-bond donors (Lipinski definition) is 2. The largest absolute Gasteiger partial charge is 0.494 e. The number of amides is 1. The molecule has 1 aromatic carbocycles. The molecule has 1 atom stereocenters. The van der Waals surface area contributed by atoms with Crippen molar-refractivity contribution in [2.45, 2.75) is 109 Å². The molecule has 0 fully saturated rings. The molecule has 0 aliphatic heterocycles. The van der Waals surface area contributed by atoms with Crippen LogP contribution in [0, 0.1) is 0 Å². The summed E-state index contributed by atoms with van der Waals surface area (Å²) in [5, 5.41) is 9.97. The molecule has 0 radical (unpaired) electrons. The summed E-state index contributed by atoms with van der Waals surface area (Å²) >= 11 is 0. The van der Waals surface area contributed by atoms with Crippen molar-refractivity contribution in [1.82, 2.24) is 0 Å². The van der Waals surface area contributed by atoms with Crippen molar-refractivity contribution in [3.8, 4) is 5.75 Å². The van der Waals surface area contributed by atoms with E-state index >= 15 is 0 Å². The lowest BCUT2D eigenvalue weighted by molar-refractivity contribution is 0.1000. The molecule has 1 amide bonds. The molecule has 0 heterocycles. The van der Waals surface area contributed by atoms with Gasteiger partial charge in [-0.05, 0) is 43.5 Å². The maximum Gasteiger partial charge on any atom is 0.248 e. The van der Waals surface area contributed by atoms with Gasteiger partial charge in [0, 0.05) is 5.56 Å². The zero-order valence-corrected chi connectivity index (χ0v) is 18.5. The minimum absolute atomic E-state index is 0.0739. The highest BCUT2D eigenvalue weighted by Crippen LogP contribution is 2.15. The monoisotopic (exact) mass is 405 g/mol. The number of rotatable bonds is 19. The number of primary amides is 1. The van der Waals surface area contributed by atoms with E-state index in [1.54, 1.807) is 24.3 Å². The van der Waals surface area contributed by atoms with E-state index in [1.165, 1.54) is 77.0 Å². The van der Waals surface area contributed by atoms with Crippen LogP contribution in [0.15, 0.2) is 24.3 Å². The van der Waals surface area contributed by atoms with Gasteiger partial charge in [0.2, 0.25) is 5.91 Å². The topological polar surface area (TPSA) is 72.6 Å². The molecule has 1 unspecified atom stereocenters. The van der Waals surface area contributed by atoms with Crippen molar-refractivity contribution in [2.75, 3.05) is 6.61 Å². The van der Waals surface area contributed by atoms with Crippen LogP contribution >= 0.6 is 0 Å². The van der Waals surface area contributed by atoms with Crippen molar-refractivity contribution in [1.29, 1.82) is 0 Å². The standard InChI is InChI=1S/C25H43NO3/c1-2-3-4-12-15-23(27)16-13-10-8-6-5-7-9-11-14-21-29-24-19-17-22(18-20-24)25(26)28/h17-20,23,27H,2-16,21H2,1H3,(H2,26,28). The smallest absolute Gasteiger partial charge is 0.248 e. The molecule has 3 N–H and O–H groups in total. The third-order valence-electron chi connectivity index (χ3n) is 5.48. The van der Waals surface area contributed by atoms with Crippen LogP contribution in [0.2, 0.25) is 0 Å². The predicted octanol–water partition coefficient (Wildman–Crippen LogP) is 6.40. The number of unbranched alkanes of at least 4 members (excludes halogenated alkanes) is 11. The van der Waals surface area contributed by atoms with Crippen LogP contribution in [0.5, 0.6) is 5.75 Å². The van der Waals surface area contributed by atoms with Gasteiger partial charge >= 0.3 is 0 Å². The van der Waals surface area contributed by atoms with E-state index in [-0.39, 0.29) is 6.10 Å². The van der Waals surface area contributed by atoms with Crippen molar-refractivity contribution < 1.29 is 14.6 Å². The molecule has 0 aliphatic carbocycles. The fraction of sp³-hybridized carbons (Fsp3) is 0.720. The van der Waals surface area contributed by atoms with Gasteiger partial charge in [-0.25, -0.2) is 0 Å². The molecule has 1 aromatic rings. The molecule has 4 heteroatoms. The molecule has 0 saturated heterocycles.